The van der Waals surface area contributed by atoms with E-state index in [-0.39, 0.29) is 54.7 Å². The average Bonchev–Trinajstić information content (AvgIpc) is 3.37. The van der Waals surface area contributed by atoms with Crippen molar-refractivity contribution in [3.05, 3.63) is 111 Å². The van der Waals surface area contributed by atoms with Crippen molar-refractivity contribution < 1.29 is 24.5 Å². The zero-order valence-electron chi connectivity index (χ0n) is 21.7. The van der Waals surface area contributed by atoms with Crippen LogP contribution in [0.4, 0.5) is 4.39 Å². The minimum atomic E-state index is -1.39. The standard InChI is InChI=1S/C31H32ClFN2O4/c1-2-30(12-5-13-35-30)20-31(39,24-10-11-28(37)23(16-24)19-36)17-22-7-3-6-21(14-22)15-29(38)34-18-25-26(32)8-4-9-27(25)33/h3-14,16,36-37,39H,2,15,17-20H2,1H3,(H,34,38). The summed E-state index contributed by atoms with van der Waals surface area (Å²) in [5.41, 5.74) is 0.670. The number of aromatic hydroxyl groups is 1. The predicted octanol–water partition coefficient (Wildman–Crippen LogP) is 5.15. The van der Waals surface area contributed by atoms with Gasteiger partial charge >= 0.3 is 0 Å². The van der Waals surface area contributed by atoms with E-state index in [1.54, 1.807) is 24.4 Å². The number of aliphatic imine (C=N–C) groups is 1. The van der Waals surface area contributed by atoms with Gasteiger partial charge in [0.05, 0.1) is 24.2 Å². The molecule has 39 heavy (non-hydrogen) atoms. The summed E-state index contributed by atoms with van der Waals surface area (Å²) in [4.78, 5) is 17.3. The fourth-order valence-electron chi connectivity index (χ4n) is 4.99. The summed E-state index contributed by atoms with van der Waals surface area (Å²) >= 11 is 6.06. The summed E-state index contributed by atoms with van der Waals surface area (Å²) in [5, 5.41) is 34.9. The third-order valence-electron chi connectivity index (χ3n) is 7.20. The topological polar surface area (TPSA) is 102 Å². The van der Waals surface area contributed by atoms with Gasteiger partial charge in [-0.3, -0.25) is 9.79 Å². The molecular formula is C31H32ClFN2O4. The smallest absolute Gasteiger partial charge is 0.224 e. The van der Waals surface area contributed by atoms with E-state index < -0.39 is 17.0 Å². The van der Waals surface area contributed by atoms with Crippen LogP contribution in [0.1, 0.15) is 47.6 Å². The van der Waals surface area contributed by atoms with Crippen LogP contribution in [0, 0.1) is 5.82 Å². The first-order chi connectivity index (χ1) is 18.7. The molecule has 1 heterocycles. The maximum absolute atomic E-state index is 14.0. The van der Waals surface area contributed by atoms with Crippen molar-refractivity contribution in [3.63, 3.8) is 0 Å². The van der Waals surface area contributed by atoms with E-state index in [2.05, 4.69) is 10.3 Å². The van der Waals surface area contributed by atoms with Crippen LogP contribution in [-0.4, -0.2) is 33.0 Å². The number of carbonyl (C=O) groups is 1. The summed E-state index contributed by atoms with van der Waals surface area (Å²) in [6.07, 6.45) is 6.83. The number of aliphatic hydroxyl groups excluding tert-OH is 1. The van der Waals surface area contributed by atoms with Gasteiger partial charge < -0.3 is 20.6 Å². The molecule has 0 aliphatic carbocycles. The number of aliphatic hydroxyl groups is 2. The zero-order chi connectivity index (χ0) is 28.0. The number of hydrogen-bond donors (Lipinski definition) is 4. The number of nitrogens with one attached hydrogen (secondary N) is 1. The molecule has 0 fully saturated rings. The SMILES string of the molecule is CCC1(CC(O)(Cc2cccc(CC(=O)NCc3c(F)cccc3Cl)c2)c2ccc(O)c(CO)c2)C=CC=N1. The van der Waals surface area contributed by atoms with Gasteiger partial charge in [-0.25, -0.2) is 4.39 Å². The van der Waals surface area contributed by atoms with Crippen LogP contribution in [0.2, 0.25) is 5.02 Å². The number of benzene rings is 3. The van der Waals surface area contributed by atoms with Gasteiger partial charge in [-0.05, 0) is 53.5 Å². The highest BCUT2D eigenvalue weighted by Gasteiger charge is 2.40. The van der Waals surface area contributed by atoms with Crippen molar-refractivity contribution in [2.75, 3.05) is 0 Å². The van der Waals surface area contributed by atoms with Crippen molar-refractivity contribution >= 4 is 23.7 Å². The Bertz CT molecular complexity index is 1370. The first kappa shape index (κ1) is 28.5. The molecule has 3 aromatic rings. The summed E-state index contributed by atoms with van der Waals surface area (Å²) in [7, 11) is 0. The Hall–Kier alpha value is -3.52. The maximum Gasteiger partial charge on any atom is 0.224 e. The Labute approximate surface area is 232 Å². The molecule has 1 amide bonds. The third kappa shape index (κ3) is 6.74. The molecular weight excluding hydrogens is 519 g/mol. The first-order valence-electron chi connectivity index (χ1n) is 12.8. The lowest BCUT2D eigenvalue weighted by atomic mass is 9.75. The van der Waals surface area contributed by atoms with Crippen molar-refractivity contribution in [2.45, 2.75) is 56.9 Å². The van der Waals surface area contributed by atoms with Gasteiger partial charge in [0, 0.05) is 41.8 Å². The Morgan fingerprint density at radius 3 is 2.59 bits per heavy atom. The van der Waals surface area contributed by atoms with Crippen LogP contribution >= 0.6 is 11.6 Å². The van der Waals surface area contributed by atoms with Gasteiger partial charge in [-0.15, -0.1) is 0 Å². The monoisotopic (exact) mass is 550 g/mol. The van der Waals surface area contributed by atoms with Crippen molar-refractivity contribution in [3.8, 4) is 5.75 Å². The number of phenols is 1. The molecule has 0 saturated carbocycles. The first-order valence-corrected chi connectivity index (χ1v) is 13.2. The van der Waals surface area contributed by atoms with Gasteiger partial charge in [0.2, 0.25) is 5.91 Å². The lowest BCUT2D eigenvalue weighted by Gasteiger charge is -2.36. The Kier molecular flexibility index (Phi) is 8.85. The summed E-state index contributed by atoms with van der Waals surface area (Å²) < 4.78 is 14.0. The van der Waals surface area contributed by atoms with E-state index in [1.807, 2.05) is 43.3 Å². The lowest BCUT2D eigenvalue weighted by Crippen LogP contribution is -2.38. The number of rotatable bonds is 11. The Morgan fingerprint density at radius 2 is 1.90 bits per heavy atom. The molecule has 0 aromatic heterocycles. The number of amides is 1. The van der Waals surface area contributed by atoms with Crippen molar-refractivity contribution in [1.82, 2.24) is 5.32 Å². The van der Waals surface area contributed by atoms with E-state index in [4.69, 9.17) is 11.6 Å². The third-order valence-corrected chi connectivity index (χ3v) is 7.55. The van der Waals surface area contributed by atoms with E-state index in [0.29, 0.717) is 17.5 Å². The minimum absolute atomic E-state index is 0.0229. The second kappa shape index (κ2) is 12.1. The van der Waals surface area contributed by atoms with E-state index in [0.717, 1.165) is 11.1 Å². The maximum atomic E-state index is 14.0. The molecule has 2 unspecified atom stereocenters. The summed E-state index contributed by atoms with van der Waals surface area (Å²) in [6.45, 7) is 1.62. The summed E-state index contributed by atoms with van der Waals surface area (Å²) in [5.74, 6) is -0.811. The van der Waals surface area contributed by atoms with Gasteiger partial charge in [0.25, 0.3) is 0 Å². The Morgan fingerprint density at radius 1 is 1.13 bits per heavy atom. The van der Waals surface area contributed by atoms with E-state index in [9.17, 15) is 24.5 Å². The van der Waals surface area contributed by atoms with Crippen LogP contribution in [0.25, 0.3) is 0 Å². The molecule has 1 aliphatic rings. The van der Waals surface area contributed by atoms with Gasteiger partial charge in [0.1, 0.15) is 11.6 Å². The van der Waals surface area contributed by atoms with Crippen molar-refractivity contribution in [1.29, 1.82) is 0 Å². The fraction of sp³-hybridized carbons (Fsp3) is 0.290. The fourth-order valence-corrected chi connectivity index (χ4v) is 5.22. The molecule has 3 aromatic carbocycles. The quantitative estimate of drug-likeness (QED) is 0.265. The molecule has 4 rings (SSSR count). The highest BCUT2D eigenvalue weighted by Crippen LogP contribution is 2.40. The molecule has 8 heteroatoms. The molecule has 2 atom stereocenters. The van der Waals surface area contributed by atoms with Crippen LogP contribution in [0.5, 0.6) is 5.75 Å². The number of hydrogen-bond acceptors (Lipinski definition) is 5. The molecule has 0 saturated heterocycles. The molecule has 0 bridgehead atoms. The number of halogens is 2. The van der Waals surface area contributed by atoms with Gasteiger partial charge in [-0.1, -0.05) is 61.0 Å². The van der Waals surface area contributed by atoms with Crippen molar-refractivity contribution in [2.24, 2.45) is 4.99 Å². The van der Waals surface area contributed by atoms with Gasteiger partial charge in [-0.2, -0.15) is 0 Å². The number of nitrogens with zero attached hydrogens (tertiary/aromatic N) is 1. The number of carbonyl (C=O) groups excluding carboxylic acids is 1. The van der Waals surface area contributed by atoms with Gasteiger partial charge in [0.15, 0.2) is 0 Å². The van der Waals surface area contributed by atoms with Crippen LogP contribution in [0.3, 0.4) is 0 Å². The minimum Gasteiger partial charge on any atom is -0.508 e. The summed E-state index contributed by atoms with van der Waals surface area (Å²) in [6, 6.07) is 16.5. The average molecular weight is 551 g/mol. The number of allylic oxidation sites excluding steroid dienone is 1. The molecule has 0 spiro atoms. The van der Waals surface area contributed by atoms with E-state index >= 15 is 0 Å². The van der Waals surface area contributed by atoms with E-state index in [1.165, 1.54) is 18.2 Å². The lowest BCUT2D eigenvalue weighted by molar-refractivity contribution is -0.120. The predicted molar refractivity (Wildman–Crippen MR) is 150 cm³/mol. The molecule has 6 nitrogen and oxygen atoms in total. The second-order valence-corrected chi connectivity index (χ2v) is 10.4. The Balaban J connectivity index is 1.55. The zero-order valence-corrected chi connectivity index (χ0v) is 22.5. The second-order valence-electron chi connectivity index (χ2n) is 9.95. The highest BCUT2D eigenvalue weighted by molar-refractivity contribution is 6.31. The van der Waals surface area contributed by atoms with Crippen LogP contribution in [0.15, 0.2) is 77.8 Å². The molecule has 4 N–H and O–H groups in total. The molecule has 1 aliphatic heterocycles. The molecule has 204 valence electrons. The largest absolute Gasteiger partial charge is 0.508 e. The highest BCUT2D eigenvalue weighted by atomic mass is 35.5. The normalized spacial score (nSPS) is 17.8. The van der Waals surface area contributed by atoms with Crippen LogP contribution in [-0.2, 0) is 36.4 Å². The van der Waals surface area contributed by atoms with Crippen LogP contribution < -0.4 is 5.32 Å². The molecule has 0 radical (unpaired) electrons.